The van der Waals surface area contributed by atoms with Gasteiger partial charge in [0.1, 0.15) is 5.82 Å². The second-order valence-corrected chi connectivity index (χ2v) is 4.00. The zero-order valence-electron chi connectivity index (χ0n) is 9.62. The Kier molecular flexibility index (Phi) is 2.98. The fourth-order valence-corrected chi connectivity index (χ4v) is 1.74. The van der Waals surface area contributed by atoms with Crippen LogP contribution in [0.25, 0.3) is 11.1 Å². The van der Waals surface area contributed by atoms with E-state index in [1.165, 1.54) is 12.3 Å². The van der Waals surface area contributed by atoms with Gasteiger partial charge in [-0.3, -0.25) is 0 Å². The van der Waals surface area contributed by atoms with Gasteiger partial charge in [-0.2, -0.15) is 13.2 Å². The lowest BCUT2D eigenvalue weighted by atomic mass is 10.0. The van der Waals surface area contributed by atoms with Crippen molar-refractivity contribution in [1.82, 2.24) is 4.98 Å². The molecule has 0 bridgehead atoms. The molecule has 0 aliphatic heterocycles. The Morgan fingerprint density at radius 1 is 1.17 bits per heavy atom. The van der Waals surface area contributed by atoms with E-state index in [1.807, 2.05) is 0 Å². The van der Waals surface area contributed by atoms with E-state index in [0.717, 1.165) is 17.7 Å². The molecule has 0 unspecified atom stereocenters. The first kappa shape index (κ1) is 12.4. The van der Waals surface area contributed by atoms with E-state index in [9.17, 15) is 13.2 Å². The molecule has 2 nitrogen and oxygen atoms in total. The van der Waals surface area contributed by atoms with E-state index in [4.69, 9.17) is 5.73 Å². The maximum atomic E-state index is 12.6. The number of nitrogens with zero attached hydrogens (tertiary/aromatic N) is 1. The van der Waals surface area contributed by atoms with Gasteiger partial charge < -0.3 is 5.73 Å². The van der Waals surface area contributed by atoms with Gasteiger partial charge in [0, 0.05) is 11.8 Å². The summed E-state index contributed by atoms with van der Waals surface area (Å²) < 4.78 is 37.8. The van der Waals surface area contributed by atoms with E-state index >= 15 is 0 Å². The van der Waals surface area contributed by atoms with Crippen LogP contribution in [-0.2, 0) is 6.18 Å². The van der Waals surface area contributed by atoms with E-state index in [2.05, 4.69) is 4.98 Å². The highest BCUT2D eigenvalue weighted by atomic mass is 19.4. The monoisotopic (exact) mass is 252 g/mol. The van der Waals surface area contributed by atoms with Crippen LogP contribution in [0.4, 0.5) is 19.0 Å². The van der Waals surface area contributed by atoms with Crippen LogP contribution >= 0.6 is 0 Å². The van der Waals surface area contributed by atoms with Gasteiger partial charge in [0.2, 0.25) is 0 Å². The molecule has 2 N–H and O–H groups in total. The molecule has 2 aromatic rings. The number of halogens is 3. The molecule has 18 heavy (non-hydrogen) atoms. The Balaban J connectivity index is 2.51. The number of nitrogens with two attached hydrogens (primary N) is 1. The van der Waals surface area contributed by atoms with Crippen LogP contribution < -0.4 is 5.73 Å². The van der Waals surface area contributed by atoms with Crippen molar-refractivity contribution in [3.05, 3.63) is 47.7 Å². The molecule has 0 saturated heterocycles. The summed E-state index contributed by atoms with van der Waals surface area (Å²) in [7, 11) is 0. The summed E-state index contributed by atoms with van der Waals surface area (Å²) in [6, 6.07) is 6.79. The summed E-state index contributed by atoms with van der Waals surface area (Å²) in [5, 5.41) is 0. The van der Waals surface area contributed by atoms with E-state index in [0.29, 0.717) is 16.9 Å². The fraction of sp³-hybridized carbons (Fsp3) is 0.154. The number of rotatable bonds is 1. The number of aryl methyl sites for hydroxylation is 1. The number of pyridine rings is 1. The molecule has 5 heteroatoms. The van der Waals surface area contributed by atoms with Crippen molar-refractivity contribution in [2.75, 3.05) is 5.73 Å². The number of alkyl halides is 3. The quantitative estimate of drug-likeness (QED) is 0.841. The number of anilines is 1. The summed E-state index contributed by atoms with van der Waals surface area (Å²) in [6.45, 7) is 1.79. The highest BCUT2D eigenvalue weighted by Crippen LogP contribution is 2.32. The Hall–Kier alpha value is -2.04. The molecular weight excluding hydrogens is 241 g/mol. The molecule has 2 rings (SSSR count). The van der Waals surface area contributed by atoms with Gasteiger partial charge in [-0.25, -0.2) is 4.98 Å². The maximum absolute atomic E-state index is 12.6. The third-order valence-electron chi connectivity index (χ3n) is 2.63. The minimum atomic E-state index is -4.34. The average Bonchev–Trinajstić information content (AvgIpc) is 2.28. The van der Waals surface area contributed by atoms with Gasteiger partial charge in [-0.05, 0) is 36.2 Å². The van der Waals surface area contributed by atoms with Gasteiger partial charge in [0.15, 0.2) is 0 Å². The fourth-order valence-electron chi connectivity index (χ4n) is 1.74. The molecule has 0 saturated carbocycles. The zero-order chi connectivity index (χ0) is 13.3. The zero-order valence-corrected chi connectivity index (χ0v) is 9.62. The molecule has 0 radical (unpaired) electrons. The molecule has 94 valence electrons. The molecule has 0 spiro atoms. The second kappa shape index (κ2) is 4.33. The number of hydrogen-bond acceptors (Lipinski definition) is 2. The van der Waals surface area contributed by atoms with Crippen molar-refractivity contribution in [2.24, 2.45) is 0 Å². The molecule has 0 aliphatic rings. The summed E-state index contributed by atoms with van der Waals surface area (Å²) in [4.78, 5) is 3.90. The van der Waals surface area contributed by atoms with Crippen LogP contribution in [0.1, 0.15) is 11.1 Å². The van der Waals surface area contributed by atoms with Gasteiger partial charge in [0.05, 0.1) is 5.56 Å². The molecule has 1 heterocycles. The van der Waals surface area contributed by atoms with E-state index in [-0.39, 0.29) is 0 Å². The number of benzene rings is 1. The summed E-state index contributed by atoms with van der Waals surface area (Å²) >= 11 is 0. The molecular formula is C13H11F3N2. The molecule has 0 aliphatic carbocycles. The summed E-state index contributed by atoms with van der Waals surface area (Å²) in [5.74, 6) is 0.350. The highest BCUT2D eigenvalue weighted by Gasteiger charge is 2.30. The first-order valence-corrected chi connectivity index (χ1v) is 5.27. The number of nitrogen functional groups attached to an aromatic ring is 1. The Bertz CT molecular complexity index is 577. The van der Waals surface area contributed by atoms with Crippen LogP contribution in [0.15, 0.2) is 36.5 Å². The minimum absolute atomic E-state index is 0.350. The third-order valence-corrected chi connectivity index (χ3v) is 2.63. The second-order valence-electron chi connectivity index (χ2n) is 4.00. The lowest BCUT2D eigenvalue weighted by Crippen LogP contribution is -2.04. The molecule has 0 atom stereocenters. The van der Waals surface area contributed by atoms with Crippen molar-refractivity contribution in [1.29, 1.82) is 0 Å². The normalized spacial score (nSPS) is 11.6. The minimum Gasteiger partial charge on any atom is -0.384 e. The molecule has 0 fully saturated rings. The van der Waals surface area contributed by atoms with Gasteiger partial charge in [-0.15, -0.1) is 0 Å². The summed E-state index contributed by atoms with van der Waals surface area (Å²) in [5.41, 5.74) is 6.77. The average molecular weight is 252 g/mol. The summed E-state index contributed by atoms with van der Waals surface area (Å²) in [6.07, 6.45) is -2.86. The van der Waals surface area contributed by atoms with Crippen LogP contribution in [0.5, 0.6) is 0 Å². The smallest absolute Gasteiger partial charge is 0.384 e. The number of aromatic nitrogens is 1. The Morgan fingerprint density at radius 3 is 2.50 bits per heavy atom. The first-order valence-electron chi connectivity index (χ1n) is 5.27. The van der Waals surface area contributed by atoms with E-state index in [1.54, 1.807) is 19.1 Å². The predicted octanol–water partition coefficient (Wildman–Crippen LogP) is 3.66. The molecule has 1 aromatic heterocycles. The van der Waals surface area contributed by atoms with E-state index < -0.39 is 11.7 Å². The van der Waals surface area contributed by atoms with Crippen molar-refractivity contribution in [3.63, 3.8) is 0 Å². The molecule has 1 aromatic carbocycles. The van der Waals surface area contributed by atoms with Gasteiger partial charge >= 0.3 is 6.18 Å². The predicted molar refractivity (Wildman–Crippen MR) is 63.8 cm³/mol. The van der Waals surface area contributed by atoms with Gasteiger partial charge in [0.25, 0.3) is 0 Å². The molecule has 0 amide bonds. The largest absolute Gasteiger partial charge is 0.416 e. The topological polar surface area (TPSA) is 38.9 Å². The van der Waals surface area contributed by atoms with Crippen molar-refractivity contribution in [2.45, 2.75) is 13.1 Å². The Morgan fingerprint density at radius 2 is 1.89 bits per heavy atom. The van der Waals surface area contributed by atoms with Gasteiger partial charge in [-0.1, -0.05) is 12.1 Å². The lowest BCUT2D eigenvalue weighted by molar-refractivity contribution is -0.137. The van der Waals surface area contributed by atoms with Crippen molar-refractivity contribution >= 4 is 5.82 Å². The van der Waals surface area contributed by atoms with Crippen LogP contribution in [0.2, 0.25) is 0 Å². The lowest BCUT2D eigenvalue weighted by Gasteiger charge is -2.10. The van der Waals surface area contributed by atoms with Crippen LogP contribution in [-0.4, -0.2) is 4.98 Å². The van der Waals surface area contributed by atoms with Crippen LogP contribution in [0.3, 0.4) is 0 Å². The van der Waals surface area contributed by atoms with Crippen LogP contribution in [0, 0.1) is 6.92 Å². The SMILES string of the molecule is Cc1cc(N)ncc1-c1cccc(C(F)(F)F)c1. The highest BCUT2D eigenvalue weighted by molar-refractivity contribution is 5.68. The standard InChI is InChI=1S/C13H11F3N2/c1-8-5-12(17)18-7-11(8)9-3-2-4-10(6-9)13(14,15)16/h2-7H,1H3,(H2,17,18). The first-order chi connectivity index (χ1) is 8.38. The van der Waals surface area contributed by atoms with Crippen molar-refractivity contribution in [3.8, 4) is 11.1 Å². The Labute approximate surface area is 102 Å². The number of hydrogen-bond donors (Lipinski definition) is 1. The third kappa shape index (κ3) is 2.45. The maximum Gasteiger partial charge on any atom is 0.416 e. The van der Waals surface area contributed by atoms with Crippen molar-refractivity contribution < 1.29 is 13.2 Å².